The van der Waals surface area contributed by atoms with Gasteiger partial charge in [-0.15, -0.1) is 10.2 Å². The van der Waals surface area contributed by atoms with Gasteiger partial charge in [-0.2, -0.15) is 0 Å². The molecule has 0 saturated heterocycles. The quantitative estimate of drug-likeness (QED) is 0.592. The number of fused-ring (bicyclic) bond motifs is 1. The van der Waals surface area contributed by atoms with Crippen molar-refractivity contribution in [3.8, 4) is 0 Å². The first-order valence-corrected chi connectivity index (χ1v) is 3.48. The highest BCUT2D eigenvalue weighted by Crippen LogP contribution is 2.07. The molecule has 0 amide bonds. The summed E-state index contributed by atoms with van der Waals surface area (Å²) in [6.07, 6.45) is 3.42. The average Bonchev–Trinajstić information content (AvgIpc) is 2.33. The second-order valence-electron chi connectivity index (χ2n) is 2.23. The van der Waals surface area contributed by atoms with Crippen molar-refractivity contribution in [2.24, 2.45) is 0 Å². The summed E-state index contributed by atoms with van der Waals surface area (Å²) in [6, 6.07) is 0. The van der Waals surface area contributed by atoms with Crippen molar-refractivity contribution in [1.29, 1.82) is 0 Å². The Morgan fingerprint density at radius 1 is 1.45 bits per heavy atom. The molecule has 4 nitrogen and oxygen atoms in total. The summed E-state index contributed by atoms with van der Waals surface area (Å²) in [4.78, 5) is 4.04. The normalized spacial score (nSPS) is 10.7. The van der Waals surface area contributed by atoms with Gasteiger partial charge in [0.05, 0.1) is 11.9 Å². The lowest BCUT2D eigenvalue weighted by atomic mass is 10.5. The molecule has 2 rings (SSSR count). The van der Waals surface area contributed by atoms with Crippen LogP contribution in [0.3, 0.4) is 0 Å². The molecule has 0 aromatic carbocycles. The molecule has 0 aliphatic rings. The maximum absolute atomic E-state index is 5.71. The highest BCUT2D eigenvalue weighted by molar-refractivity contribution is 6.28. The van der Waals surface area contributed by atoms with E-state index in [-0.39, 0.29) is 0 Å². The lowest BCUT2D eigenvalue weighted by molar-refractivity contribution is 1.07. The fourth-order valence-electron chi connectivity index (χ4n) is 0.871. The molecule has 0 atom stereocenters. The van der Waals surface area contributed by atoms with Crippen LogP contribution in [0.5, 0.6) is 0 Å². The van der Waals surface area contributed by atoms with E-state index in [1.165, 1.54) is 0 Å². The van der Waals surface area contributed by atoms with E-state index in [9.17, 15) is 0 Å². The molecule has 0 aliphatic carbocycles. The zero-order chi connectivity index (χ0) is 7.84. The molecular formula is C6H5ClN4. The molecular weight excluding hydrogens is 164 g/mol. The molecule has 56 valence electrons. The molecule has 0 aliphatic heterocycles. The minimum Gasteiger partial charge on any atom is -0.270 e. The zero-order valence-corrected chi connectivity index (χ0v) is 6.58. The van der Waals surface area contributed by atoms with Crippen LogP contribution in [0.2, 0.25) is 5.28 Å². The van der Waals surface area contributed by atoms with Gasteiger partial charge in [0, 0.05) is 6.20 Å². The Hall–Kier alpha value is -1.16. The van der Waals surface area contributed by atoms with Crippen molar-refractivity contribution >= 4 is 17.2 Å². The van der Waals surface area contributed by atoms with E-state index in [0.717, 1.165) is 5.69 Å². The van der Waals surface area contributed by atoms with Crippen molar-refractivity contribution < 1.29 is 0 Å². The standard InChI is InChI=1S/C6H5ClN4/c1-4-3-11-5(2-8-4)9-10-6(11)7/h2-3H,1H3. The number of hydrogen-bond acceptors (Lipinski definition) is 3. The van der Waals surface area contributed by atoms with Crippen molar-refractivity contribution in [3.05, 3.63) is 23.4 Å². The van der Waals surface area contributed by atoms with E-state index in [1.54, 1.807) is 16.8 Å². The molecule has 2 aromatic heterocycles. The van der Waals surface area contributed by atoms with E-state index in [2.05, 4.69) is 15.2 Å². The van der Waals surface area contributed by atoms with Gasteiger partial charge < -0.3 is 0 Å². The minimum atomic E-state index is 0.366. The Bertz CT molecular complexity index is 394. The predicted molar refractivity (Wildman–Crippen MR) is 40.5 cm³/mol. The third-order valence-electron chi connectivity index (χ3n) is 1.38. The SMILES string of the molecule is Cc1cn2c(Cl)nnc2cn1. The van der Waals surface area contributed by atoms with Gasteiger partial charge in [0.25, 0.3) is 0 Å². The van der Waals surface area contributed by atoms with Gasteiger partial charge in [0.2, 0.25) is 5.28 Å². The van der Waals surface area contributed by atoms with Crippen LogP contribution >= 0.6 is 11.6 Å². The summed E-state index contributed by atoms with van der Waals surface area (Å²) in [7, 11) is 0. The number of halogens is 1. The number of aryl methyl sites for hydroxylation is 1. The third-order valence-corrected chi connectivity index (χ3v) is 1.64. The summed E-state index contributed by atoms with van der Waals surface area (Å²) in [5, 5.41) is 7.82. The fourth-order valence-corrected chi connectivity index (χ4v) is 1.04. The first-order chi connectivity index (χ1) is 5.27. The Labute approximate surface area is 67.8 Å². The maximum Gasteiger partial charge on any atom is 0.229 e. The Balaban J connectivity index is 2.87. The monoisotopic (exact) mass is 168 g/mol. The molecule has 2 heterocycles. The Morgan fingerprint density at radius 3 is 3.09 bits per heavy atom. The number of hydrogen-bond donors (Lipinski definition) is 0. The van der Waals surface area contributed by atoms with Crippen LogP contribution in [-0.4, -0.2) is 19.6 Å². The molecule has 2 aromatic rings. The van der Waals surface area contributed by atoms with E-state index in [1.807, 2.05) is 6.92 Å². The van der Waals surface area contributed by atoms with Crippen LogP contribution < -0.4 is 0 Å². The van der Waals surface area contributed by atoms with Crippen molar-refractivity contribution in [2.75, 3.05) is 0 Å². The van der Waals surface area contributed by atoms with Crippen LogP contribution in [0.15, 0.2) is 12.4 Å². The van der Waals surface area contributed by atoms with E-state index in [0.29, 0.717) is 10.9 Å². The topological polar surface area (TPSA) is 43.1 Å². The van der Waals surface area contributed by atoms with E-state index in [4.69, 9.17) is 11.6 Å². The van der Waals surface area contributed by atoms with Crippen LogP contribution in [0, 0.1) is 6.92 Å². The molecule has 0 unspecified atom stereocenters. The lowest BCUT2D eigenvalue weighted by Gasteiger charge is -1.92. The van der Waals surface area contributed by atoms with Gasteiger partial charge in [-0.05, 0) is 18.5 Å². The summed E-state index contributed by atoms with van der Waals surface area (Å²) >= 11 is 5.71. The molecule has 0 fully saturated rings. The lowest BCUT2D eigenvalue weighted by Crippen LogP contribution is -1.88. The molecule has 0 radical (unpaired) electrons. The van der Waals surface area contributed by atoms with Crippen molar-refractivity contribution in [3.63, 3.8) is 0 Å². The average molecular weight is 169 g/mol. The molecule has 0 N–H and O–H groups in total. The fraction of sp³-hybridized carbons (Fsp3) is 0.167. The first kappa shape index (κ1) is 6.54. The number of rotatable bonds is 0. The molecule has 5 heteroatoms. The smallest absolute Gasteiger partial charge is 0.229 e. The minimum absolute atomic E-state index is 0.366. The molecule has 0 bridgehead atoms. The van der Waals surface area contributed by atoms with Gasteiger partial charge >= 0.3 is 0 Å². The second kappa shape index (κ2) is 2.17. The second-order valence-corrected chi connectivity index (χ2v) is 2.56. The van der Waals surface area contributed by atoms with Gasteiger partial charge in [-0.25, -0.2) is 0 Å². The summed E-state index contributed by atoms with van der Waals surface area (Å²) < 4.78 is 1.68. The molecule has 0 saturated carbocycles. The Kier molecular flexibility index (Phi) is 1.29. The van der Waals surface area contributed by atoms with E-state index >= 15 is 0 Å². The predicted octanol–water partition coefficient (Wildman–Crippen LogP) is 1.09. The number of aromatic nitrogens is 4. The molecule has 11 heavy (non-hydrogen) atoms. The highest BCUT2D eigenvalue weighted by atomic mass is 35.5. The van der Waals surface area contributed by atoms with Gasteiger partial charge in [-0.1, -0.05) is 0 Å². The highest BCUT2D eigenvalue weighted by Gasteiger charge is 2.00. The summed E-state index contributed by atoms with van der Waals surface area (Å²) in [5.74, 6) is 0. The van der Waals surface area contributed by atoms with Crippen LogP contribution in [0.1, 0.15) is 5.69 Å². The first-order valence-electron chi connectivity index (χ1n) is 3.10. The van der Waals surface area contributed by atoms with Crippen molar-refractivity contribution in [1.82, 2.24) is 19.6 Å². The van der Waals surface area contributed by atoms with Crippen LogP contribution in [0.4, 0.5) is 0 Å². The van der Waals surface area contributed by atoms with Gasteiger partial charge in [0.15, 0.2) is 5.65 Å². The van der Waals surface area contributed by atoms with Gasteiger partial charge in [-0.3, -0.25) is 9.38 Å². The summed E-state index contributed by atoms with van der Waals surface area (Å²) in [6.45, 7) is 1.88. The van der Waals surface area contributed by atoms with Crippen molar-refractivity contribution in [2.45, 2.75) is 6.92 Å². The van der Waals surface area contributed by atoms with Crippen LogP contribution in [0.25, 0.3) is 5.65 Å². The van der Waals surface area contributed by atoms with Gasteiger partial charge in [0.1, 0.15) is 0 Å². The largest absolute Gasteiger partial charge is 0.270 e. The summed E-state index contributed by atoms with van der Waals surface area (Å²) in [5.41, 5.74) is 1.56. The third kappa shape index (κ3) is 0.952. The Morgan fingerprint density at radius 2 is 2.27 bits per heavy atom. The number of nitrogens with zero attached hydrogens (tertiary/aromatic N) is 4. The molecule has 0 spiro atoms. The zero-order valence-electron chi connectivity index (χ0n) is 5.82. The van der Waals surface area contributed by atoms with E-state index < -0.39 is 0 Å². The van der Waals surface area contributed by atoms with Crippen LogP contribution in [-0.2, 0) is 0 Å². The maximum atomic E-state index is 5.71.